The van der Waals surface area contributed by atoms with Gasteiger partial charge in [-0.2, -0.15) is 4.68 Å². The lowest BCUT2D eigenvalue weighted by atomic mass is 10.3. The minimum Gasteiger partial charge on any atom is -0.427 e. The molecule has 3 aromatic rings. The highest BCUT2D eigenvalue weighted by atomic mass is 16.5. The van der Waals surface area contributed by atoms with E-state index in [1.54, 1.807) is 12.1 Å². The van der Waals surface area contributed by atoms with Crippen LogP contribution < -0.4 is 15.7 Å². The first-order chi connectivity index (χ1) is 11.5. The van der Waals surface area contributed by atoms with Crippen LogP contribution in [0.15, 0.2) is 35.4 Å². The minimum atomic E-state index is -0.541. The van der Waals surface area contributed by atoms with Crippen molar-refractivity contribution in [3.63, 3.8) is 0 Å². The van der Waals surface area contributed by atoms with E-state index in [0.717, 1.165) is 9.08 Å². The summed E-state index contributed by atoms with van der Waals surface area (Å²) >= 11 is 0. The van der Waals surface area contributed by atoms with Crippen LogP contribution in [-0.2, 0) is 11.8 Å². The molecule has 10 heteroatoms. The minimum absolute atomic E-state index is 0.0238. The van der Waals surface area contributed by atoms with E-state index in [1.165, 1.54) is 32.4 Å². The lowest BCUT2D eigenvalue weighted by molar-refractivity contribution is -0.131. The molecule has 3 rings (SSSR count). The van der Waals surface area contributed by atoms with Gasteiger partial charge in [-0.3, -0.25) is 9.59 Å². The number of benzene rings is 1. The normalized spacial score (nSPS) is 10.6. The largest absolute Gasteiger partial charge is 0.427 e. The Labute approximate surface area is 134 Å². The zero-order valence-corrected chi connectivity index (χ0v) is 12.8. The fourth-order valence-corrected chi connectivity index (χ4v) is 2.00. The van der Waals surface area contributed by atoms with Crippen molar-refractivity contribution in [3.8, 4) is 5.75 Å². The number of ether oxygens (including phenoxy) is 1. The molecule has 0 bridgehead atoms. The van der Waals surface area contributed by atoms with Gasteiger partial charge in [-0.1, -0.05) is 5.21 Å². The second kappa shape index (κ2) is 5.91. The molecule has 2 aromatic heterocycles. The monoisotopic (exact) mass is 328 g/mol. The number of hydrogen-bond donors (Lipinski definition) is 1. The van der Waals surface area contributed by atoms with Gasteiger partial charge in [0, 0.05) is 19.7 Å². The summed E-state index contributed by atoms with van der Waals surface area (Å²) in [7, 11) is 1.44. The third-order valence-corrected chi connectivity index (χ3v) is 3.09. The first-order valence-corrected chi connectivity index (χ1v) is 6.82. The summed E-state index contributed by atoms with van der Waals surface area (Å²) in [5.41, 5.74) is 0.0440. The summed E-state index contributed by atoms with van der Waals surface area (Å²) < 4.78 is 7.07. The van der Waals surface area contributed by atoms with Gasteiger partial charge in [0.05, 0.1) is 0 Å². The average molecular weight is 328 g/mol. The number of esters is 1. The molecule has 0 aliphatic carbocycles. The van der Waals surface area contributed by atoms with E-state index in [-0.39, 0.29) is 11.3 Å². The van der Waals surface area contributed by atoms with Gasteiger partial charge in [-0.05, 0) is 24.3 Å². The van der Waals surface area contributed by atoms with Gasteiger partial charge in [-0.15, -0.1) is 5.10 Å². The van der Waals surface area contributed by atoms with E-state index in [9.17, 15) is 14.4 Å². The topological polar surface area (TPSA) is 120 Å². The summed E-state index contributed by atoms with van der Waals surface area (Å²) in [6.07, 6.45) is 1.21. The molecule has 1 aromatic carbocycles. The van der Waals surface area contributed by atoms with E-state index in [0.29, 0.717) is 11.4 Å². The molecule has 122 valence electrons. The van der Waals surface area contributed by atoms with Crippen LogP contribution in [0.5, 0.6) is 5.75 Å². The second-order valence-electron chi connectivity index (χ2n) is 4.85. The van der Waals surface area contributed by atoms with Crippen molar-refractivity contribution < 1.29 is 14.3 Å². The molecule has 0 aliphatic rings. The molecule has 24 heavy (non-hydrogen) atoms. The third-order valence-electron chi connectivity index (χ3n) is 3.09. The fourth-order valence-electron chi connectivity index (χ4n) is 2.00. The summed E-state index contributed by atoms with van der Waals surface area (Å²) in [6, 6.07) is 6.22. The maximum Gasteiger partial charge on any atom is 0.352 e. The van der Waals surface area contributed by atoms with Crippen molar-refractivity contribution >= 4 is 23.2 Å². The molecule has 1 amide bonds. The zero-order valence-electron chi connectivity index (χ0n) is 12.8. The first kappa shape index (κ1) is 15.3. The number of imidazole rings is 1. The quantitative estimate of drug-likeness (QED) is 0.530. The molecule has 0 fully saturated rings. The Morgan fingerprint density at radius 2 is 1.92 bits per heavy atom. The van der Waals surface area contributed by atoms with Crippen LogP contribution in [0.3, 0.4) is 0 Å². The molecule has 2 heterocycles. The van der Waals surface area contributed by atoms with Gasteiger partial charge in [0.2, 0.25) is 0 Å². The number of nitrogens with zero attached hydrogens (tertiary/aromatic N) is 5. The van der Waals surface area contributed by atoms with E-state index in [2.05, 4.69) is 20.6 Å². The average Bonchev–Trinajstić information content (AvgIpc) is 2.97. The van der Waals surface area contributed by atoms with E-state index in [4.69, 9.17) is 4.74 Å². The van der Waals surface area contributed by atoms with E-state index >= 15 is 0 Å². The Kier molecular flexibility index (Phi) is 3.78. The van der Waals surface area contributed by atoms with Crippen LogP contribution in [0.4, 0.5) is 5.69 Å². The van der Waals surface area contributed by atoms with Crippen LogP contribution in [0, 0.1) is 0 Å². The Bertz CT molecular complexity index is 989. The van der Waals surface area contributed by atoms with Gasteiger partial charge in [0.1, 0.15) is 12.1 Å². The maximum absolute atomic E-state index is 12.3. The Balaban J connectivity index is 1.84. The third kappa shape index (κ3) is 2.84. The van der Waals surface area contributed by atoms with Crippen molar-refractivity contribution in [1.29, 1.82) is 0 Å². The number of fused-ring (bicyclic) bond motifs is 1. The molecule has 0 radical (unpaired) electrons. The number of aromatic nitrogens is 5. The Morgan fingerprint density at radius 1 is 1.21 bits per heavy atom. The highest BCUT2D eigenvalue weighted by molar-refractivity contribution is 6.06. The molecule has 0 unspecified atom stereocenters. The zero-order chi connectivity index (χ0) is 17.3. The maximum atomic E-state index is 12.3. The molecule has 0 spiro atoms. The SMILES string of the molecule is CC(=O)Oc1ccc(NC(=O)c2ncn3c(=O)n(C)nnc23)cc1. The summed E-state index contributed by atoms with van der Waals surface area (Å²) in [5, 5.41) is 10.1. The van der Waals surface area contributed by atoms with Gasteiger partial charge in [-0.25, -0.2) is 14.2 Å². The highest BCUT2D eigenvalue weighted by Gasteiger charge is 2.17. The molecule has 10 nitrogen and oxygen atoms in total. The number of hydrogen-bond acceptors (Lipinski definition) is 7. The summed E-state index contributed by atoms with van der Waals surface area (Å²) in [4.78, 5) is 38.9. The number of carbonyl (C=O) groups excluding carboxylic acids is 2. The standard InChI is InChI=1S/C14H12N6O4/c1-8(21)24-10-5-3-9(4-6-10)16-13(22)11-12-17-18-19(2)14(23)20(12)7-15-11/h3-7H,1-2H3,(H,16,22). The number of rotatable bonds is 3. The Morgan fingerprint density at radius 3 is 2.58 bits per heavy atom. The fraction of sp³-hybridized carbons (Fsp3) is 0.143. The smallest absolute Gasteiger partial charge is 0.352 e. The van der Waals surface area contributed by atoms with E-state index < -0.39 is 17.6 Å². The van der Waals surface area contributed by atoms with Gasteiger partial charge in [0.15, 0.2) is 11.3 Å². The Hall–Kier alpha value is -3.56. The summed E-state index contributed by atoms with van der Waals surface area (Å²) in [6.45, 7) is 1.30. The molecular formula is C14H12N6O4. The molecule has 0 saturated carbocycles. The van der Waals surface area contributed by atoms with Crippen molar-refractivity contribution in [2.75, 3.05) is 5.32 Å². The molecule has 0 aliphatic heterocycles. The van der Waals surface area contributed by atoms with Crippen LogP contribution >= 0.6 is 0 Å². The first-order valence-electron chi connectivity index (χ1n) is 6.82. The van der Waals surface area contributed by atoms with E-state index in [1.807, 2.05) is 0 Å². The predicted molar refractivity (Wildman–Crippen MR) is 81.7 cm³/mol. The van der Waals surface area contributed by atoms with Crippen LogP contribution in [-0.4, -0.2) is 36.3 Å². The number of amides is 1. The van der Waals surface area contributed by atoms with Crippen molar-refractivity contribution in [2.24, 2.45) is 7.05 Å². The molecular weight excluding hydrogens is 316 g/mol. The highest BCUT2D eigenvalue weighted by Crippen LogP contribution is 2.17. The lowest BCUT2D eigenvalue weighted by Gasteiger charge is -2.05. The van der Waals surface area contributed by atoms with Crippen LogP contribution in [0.25, 0.3) is 5.65 Å². The number of aryl methyl sites for hydroxylation is 1. The van der Waals surface area contributed by atoms with Gasteiger partial charge >= 0.3 is 11.7 Å². The lowest BCUT2D eigenvalue weighted by Crippen LogP contribution is -2.27. The van der Waals surface area contributed by atoms with Crippen molar-refractivity contribution in [3.05, 3.63) is 46.8 Å². The summed E-state index contributed by atoms with van der Waals surface area (Å²) in [5.74, 6) is -0.612. The number of anilines is 1. The second-order valence-corrected chi connectivity index (χ2v) is 4.85. The molecule has 0 saturated heterocycles. The molecule has 0 atom stereocenters. The molecule has 1 N–H and O–H groups in total. The van der Waals surface area contributed by atoms with Crippen LogP contribution in [0.1, 0.15) is 17.4 Å². The van der Waals surface area contributed by atoms with Crippen molar-refractivity contribution in [1.82, 2.24) is 24.4 Å². The van der Waals surface area contributed by atoms with Gasteiger partial charge in [0.25, 0.3) is 5.91 Å². The van der Waals surface area contributed by atoms with Crippen LogP contribution in [0.2, 0.25) is 0 Å². The number of nitrogens with one attached hydrogen (secondary N) is 1. The predicted octanol–water partition coefficient (Wildman–Crippen LogP) is 0.000600. The number of carbonyl (C=O) groups is 2. The van der Waals surface area contributed by atoms with Gasteiger partial charge < -0.3 is 10.1 Å². The van der Waals surface area contributed by atoms with Crippen molar-refractivity contribution in [2.45, 2.75) is 6.92 Å².